The third-order valence-corrected chi connectivity index (χ3v) is 2.87. The van der Waals surface area contributed by atoms with Gasteiger partial charge in [-0.05, 0) is 23.8 Å². The van der Waals surface area contributed by atoms with E-state index < -0.39 is 0 Å². The minimum Gasteiger partial charge on any atom is -0.308 e. The lowest BCUT2D eigenvalue weighted by Gasteiger charge is -2.03. The molecular formula is C14H14N4. The largest absolute Gasteiger partial charge is 0.308 e. The van der Waals surface area contributed by atoms with Crippen molar-refractivity contribution < 1.29 is 0 Å². The average Bonchev–Trinajstić information content (AvgIpc) is 2.84. The minimum atomic E-state index is 0.808. The van der Waals surface area contributed by atoms with E-state index in [2.05, 4.69) is 27.5 Å². The topological polar surface area (TPSA) is 42.2 Å². The highest BCUT2D eigenvalue weighted by Crippen LogP contribution is 2.09. The molecule has 0 bridgehead atoms. The summed E-state index contributed by atoms with van der Waals surface area (Å²) in [5.74, 6) is 0. The number of aromatic nitrogens is 3. The van der Waals surface area contributed by atoms with Crippen LogP contribution in [-0.4, -0.2) is 14.6 Å². The summed E-state index contributed by atoms with van der Waals surface area (Å²) in [5, 5.41) is 7.71. The van der Waals surface area contributed by atoms with E-state index in [1.807, 2.05) is 41.3 Å². The Kier molecular flexibility index (Phi) is 3.02. The van der Waals surface area contributed by atoms with E-state index in [1.165, 1.54) is 11.1 Å². The first-order chi connectivity index (χ1) is 8.93. The van der Waals surface area contributed by atoms with Crippen LogP contribution in [0.5, 0.6) is 0 Å². The van der Waals surface area contributed by atoms with Gasteiger partial charge in [-0.25, -0.2) is 4.52 Å². The van der Waals surface area contributed by atoms with E-state index in [-0.39, 0.29) is 0 Å². The molecule has 4 nitrogen and oxygen atoms in total. The van der Waals surface area contributed by atoms with Crippen LogP contribution in [0.3, 0.4) is 0 Å². The van der Waals surface area contributed by atoms with Crippen LogP contribution in [0.1, 0.15) is 11.1 Å². The van der Waals surface area contributed by atoms with Gasteiger partial charge in [0.25, 0.3) is 0 Å². The fourth-order valence-corrected chi connectivity index (χ4v) is 1.97. The van der Waals surface area contributed by atoms with Crippen molar-refractivity contribution in [3.05, 3.63) is 66.2 Å². The van der Waals surface area contributed by atoms with Gasteiger partial charge in [0.2, 0.25) is 0 Å². The predicted molar refractivity (Wildman–Crippen MR) is 70.0 cm³/mol. The lowest BCUT2D eigenvalue weighted by Crippen LogP contribution is -2.12. The van der Waals surface area contributed by atoms with Crippen molar-refractivity contribution in [2.75, 3.05) is 0 Å². The van der Waals surface area contributed by atoms with Crippen LogP contribution < -0.4 is 5.32 Å². The number of hydrogen-bond acceptors (Lipinski definition) is 3. The van der Waals surface area contributed by atoms with Crippen LogP contribution in [0.4, 0.5) is 0 Å². The zero-order valence-electron chi connectivity index (χ0n) is 9.95. The van der Waals surface area contributed by atoms with Crippen molar-refractivity contribution in [2.24, 2.45) is 0 Å². The summed E-state index contributed by atoms with van der Waals surface area (Å²) in [6.07, 6.45) is 7.53. The molecule has 3 heterocycles. The number of nitrogens with zero attached hydrogens (tertiary/aromatic N) is 3. The highest BCUT2D eigenvalue weighted by Gasteiger charge is 2.02. The maximum atomic E-state index is 4.31. The zero-order chi connectivity index (χ0) is 12.2. The Hall–Kier alpha value is -2.20. The summed E-state index contributed by atoms with van der Waals surface area (Å²) in [5.41, 5.74) is 3.55. The first-order valence-electron chi connectivity index (χ1n) is 5.94. The molecule has 3 aromatic heterocycles. The van der Waals surface area contributed by atoms with Gasteiger partial charge >= 0.3 is 0 Å². The maximum absolute atomic E-state index is 4.31. The van der Waals surface area contributed by atoms with Crippen molar-refractivity contribution in [1.29, 1.82) is 0 Å². The van der Waals surface area contributed by atoms with E-state index in [0.717, 1.165) is 18.6 Å². The van der Waals surface area contributed by atoms with Gasteiger partial charge in [-0.3, -0.25) is 4.98 Å². The number of hydrogen-bond donors (Lipinski definition) is 1. The number of rotatable bonds is 4. The summed E-state index contributed by atoms with van der Waals surface area (Å²) in [4.78, 5) is 4.09. The summed E-state index contributed by atoms with van der Waals surface area (Å²) in [6, 6.07) is 10.1. The molecule has 90 valence electrons. The highest BCUT2D eigenvalue weighted by atomic mass is 15.2. The van der Waals surface area contributed by atoms with E-state index >= 15 is 0 Å². The SMILES string of the molecule is c1cncc(CNCc2cnn3ccccc23)c1. The zero-order valence-corrected chi connectivity index (χ0v) is 9.95. The second-order valence-electron chi connectivity index (χ2n) is 4.17. The quantitative estimate of drug-likeness (QED) is 0.756. The second kappa shape index (κ2) is 4.98. The smallest absolute Gasteiger partial charge is 0.0706 e. The fraction of sp³-hybridized carbons (Fsp3) is 0.143. The van der Waals surface area contributed by atoms with Crippen molar-refractivity contribution in [3.8, 4) is 0 Å². The van der Waals surface area contributed by atoms with Gasteiger partial charge in [0.1, 0.15) is 0 Å². The molecule has 0 saturated heterocycles. The Balaban J connectivity index is 1.67. The summed E-state index contributed by atoms with van der Waals surface area (Å²) in [6.45, 7) is 1.63. The molecule has 0 amide bonds. The van der Waals surface area contributed by atoms with Gasteiger partial charge in [-0.15, -0.1) is 0 Å². The lowest BCUT2D eigenvalue weighted by atomic mass is 10.2. The van der Waals surface area contributed by atoms with Gasteiger partial charge in [0.15, 0.2) is 0 Å². The molecule has 0 radical (unpaired) electrons. The number of pyridine rings is 2. The van der Waals surface area contributed by atoms with Gasteiger partial charge in [-0.2, -0.15) is 5.10 Å². The van der Waals surface area contributed by atoms with Crippen LogP contribution in [0.15, 0.2) is 55.1 Å². The van der Waals surface area contributed by atoms with Crippen molar-refractivity contribution in [1.82, 2.24) is 19.9 Å². The molecule has 18 heavy (non-hydrogen) atoms. The molecule has 0 unspecified atom stereocenters. The molecule has 1 N–H and O–H groups in total. The predicted octanol–water partition coefficient (Wildman–Crippen LogP) is 2.02. The molecule has 0 saturated carbocycles. The van der Waals surface area contributed by atoms with Crippen LogP contribution in [-0.2, 0) is 13.1 Å². The third kappa shape index (κ3) is 2.24. The monoisotopic (exact) mass is 238 g/mol. The van der Waals surface area contributed by atoms with Crippen molar-refractivity contribution in [3.63, 3.8) is 0 Å². The van der Waals surface area contributed by atoms with Crippen molar-refractivity contribution in [2.45, 2.75) is 13.1 Å². The van der Waals surface area contributed by atoms with E-state index in [1.54, 1.807) is 6.20 Å². The lowest BCUT2D eigenvalue weighted by molar-refractivity contribution is 0.694. The Morgan fingerprint density at radius 2 is 2.06 bits per heavy atom. The molecule has 0 fully saturated rings. The first-order valence-corrected chi connectivity index (χ1v) is 5.94. The second-order valence-corrected chi connectivity index (χ2v) is 4.17. The molecule has 4 heteroatoms. The van der Waals surface area contributed by atoms with Crippen LogP contribution >= 0.6 is 0 Å². The maximum Gasteiger partial charge on any atom is 0.0706 e. The summed E-state index contributed by atoms with van der Waals surface area (Å²) >= 11 is 0. The molecule has 0 aliphatic carbocycles. The van der Waals surface area contributed by atoms with Gasteiger partial charge in [-0.1, -0.05) is 12.1 Å². The average molecular weight is 238 g/mol. The molecular weight excluding hydrogens is 224 g/mol. The summed E-state index contributed by atoms with van der Waals surface area (Å²) < 4.78 is 1.89. The van der Waals surface area contributed by atoms with Crippen LogP contribution in [0.2, 0.25) is 0 Å². The molecule has 3 rings (SSSR count). The van der Waals surface area contributed by atoms with E-state index in [0.29, 0.717) is 0 Å². The Morgan fingerprint density at radius 1 is 1.06 bits per heavy atom. The number of nitrogens with one attached hydrogen (secondary N) is 1. The first kappa shape index (κ1) is 10.9. The normalized spacial score (nSPS) is 10.9. The fourth-order valence-electron chi connectivity index (χ4n) is 1.97. The van der Waals surface area contributed by atoms with Gasteiger partial charge in [0, 0.05) is 37.2 Å². The Bertz CT molecular complexity index is 630. The van der Waals surface area contributed by atoms with Crippen LogP contribution in [0.25, 0.3) is 5.52 Å². The summed E-state index contributed by atoms with van der Waals surface area (Å²) in [7, 11) is 0. The standard InChI is InChI=1S/C14H14N4/c1-2-7-18-14(5-1)13(11-17-18)10-16-9-12-4-3-6-15-8-12/h1-8,11,16H,9-10H2. The Labute approximate surface area is 105 Å². The van der Waals surface area contributed by atoms with E-state index in [4.69, 9.17) is 0 Å². The molecule has 0 aromatic carbocycles. The highest BCUT2D eigenvalue weighted by molar-refractivity contribution is 5.53. The van der Waals surface area contributed by atoms with Gasteiger partial charge in [0.05, 0.1) is 11.7 Å². The van der Waals surface area contributed by atoms with Crippen LogP contribution in [0, 0.1) is 0 Å². The Morgan fingerprint density at radius 3 is 2.94 bits per heavy atom. The number of fused-ring (bicyclic) bond motifs is 1. The molecule has 0 atom stereocenters. The van der Waals surface area contributed by atoms with E-state index in [9.17, 15) is 0 Å². The minimum absolute atomic E-state index is 0.808. The van der Waals surface area contributed by atoms with Crippen molar-refractivity contribution >= 4 is 5.52 Å². The van der Waals surface area contributed by atoms with Gasteiger partial charge < -0.3 is 5.32 Å². The molecule has 0 aliphatic rings. The molecule has 0 spiro atoms. The molecule has 0 aliphatic heterocycles. The molecule has 3 aromatic rings. The third-order valence-electron chi connectivity index (χ3n) is 2.87.